The van der Waals surface area contributed by atoms with E-state index in [9.17, 15) is 13.2 Å². The number of hydrogen-bond donors (Lipinski definition) is 0. The lowest BCUT2D eigenvalue weighted by Crippen LogP contribution is -2.00. The van der Waals surface area contributed by atoms with Crippen LogP contribution in [0, 0.1) is 6.92 Å². The lowest BCUT2D eigenvalue weighted by molar-refractivity contribution is 0.101. The van der Waals surface area contributed by atoms with Crippen LogP contribution in [-0.4, -0.2) is 14.2 Å². The Morgan fingerprint density at radius 2 is 1.77 bits per heavy atom. The van der Waals surface area contributed by atoms with Gasteiger partial charge in [0.25, 0.3) is 9.05 Å². The van der Waals surface area contributed by atoms with Crippen molar-refractivity contribution in [2.24, 2.45) is 0 Å². The molecule has 2 aromatic carbocycles. The molecule has 0 aliphatic rings. The number of hydrogen-bond acceptors (Lipinski definition) is 4. The number of rotatable bonds is 3. The second-order valence-corrected chi connectivity index (χ2v) is 7.41. The summed E-state index contributed by atoms with van der Waals surface area (Å²) in [6.45, 7) is 1.71. The SMILES string of the molecule is Cc1c(C(=O)c2ccccc2)oc2ccc(S(=O)(=O)Cl)cc12. The van der Waals surface area contributed by atoms with Gasteiger partial charge in [-0.25, -0.2) is 8.42 Å². The highest BCUT2D eigenvalue weighted by molar-refractivity contribution is 8.13. The van der Waals surface area contributed by atoms with Crippen LogP contribution in [0.25, 0.3) is 11.0 Å². The van der Waals surface area contributed by atoms with Crippen molar-refractivity contribution >= 4 is 36.5 Å². The predicted octanol–water partition coefficient (Wildman–Crippen LogP) is 3.90. The molecule has 0 bridgehead atoms. The van der Waals surface area contributed by atoms with Gasteiger partial charge in [-0.3, -0.25) is 4.79 Å². The molecule has 0 spiro atoms. The highest BCUT2D eigenvalue weighted by Crippen LogP contribution is 2.30. The van der Waals surface area contributed by atoms with E-state index in [-0.39, 0.29) is 16.4 Å². The van der Waals surface area contributed by atoms with Crippen molar-refractivity contribution in [3.63, 3.8) is 0 Å². The molecule has 0 amide bonds. The van der Waals surface area contributed by atoms with E-state index < -0.39 is 9.05 Å². The minimum Gasteiger partial charge on any atom is -0.452 e. The number of carbonyl (C=O) groups is 1. The second kappa shape index (κ2) is 5.26. The van der Waals surface area contributed by atoms with E-state index in [1.165, 1.54) is 18.2 Å². The largest absolute Gasteiger partial charge is 0.452 e. The summed E-state index contributed by atoms with van der Waals surface area (Å²) >= 11 is 0. The summed E-state index contributed by atoms with van der Waals surface area (Å²) in [7, 11) is 1.52. The Balaban J connectivity index is 2.17. The van der Waals surface area contributed by atoms with Gasteiger partial charge in [0.15, 0.2) is 5.76 Å². The molecule has 0 saturated carbocycles. The highest BCUT2D eigenvalue weighted by Gasteiger charge is 2.20. The topological polar surface area (TPSA) is 64.3 Å². The summed E-state index contributed by atoms with van der Waals surface area (Å²) in [4.78, 5) is 12.5. The molecule has 1 aromatic heterocycles. The predicted molar refractivity (Wildman–Crippen MR) is 83.9 cm³/mol. The molecule has 3 aromatic rings. The van der Waals surface area contributed by atoms with E-state index in [1.54, 1.807) is 31.2 Å². The van der Waals surface area contributed by atoms with E-state index in [2.05, 4.69) is 0 Å². The van der Waals surface area contributed by atoms with E-state index >= 15 is 0 Å². The molecule has 0 atom stereocenters. The summed E-state index contributed by atoms with van der Waals surface area (Å²) in [6, 6.07) is 13.0. The third-order valence-electron chi connectivity index (χ3n) is 3.43. The first-order chi connectivity index (χ1) is 10.4. The Hall–Kier alpha value is -2.11. The zero-order valence-electron chi connectivity index (χ0n) is 11.5. The van der Waals surface area contributed by atoms with Gasteiger partial charge in [-0.15, -0.1) is 0 Å². The first kappa shape index (κ1) is 14.8. The number of furan rings is 1. The first-order valence-electron chi connectivity index (χ1n) is 6.45. The van der Waals surface area contributed by atoms with Gasteiger partial charge in [0.1, 0.15) is 5.58 Å². The summed E-state index contributed by atoms with van der Waals surface area (Å²) in [5, 5.41) is 0.556. The molecule has 0 radical (unpaired) electrons. The average Bonchev–Trinajstić information content (AvgIpc) is 2.83. The maximum absolute atomic E-state index is 12.5. The third kappa shape index (κ3) is 2.53. The number of aryl methyl sites for hydroxylation is 1. The van der Waals surface area contributed by atoms with Gasteiger partial charge in [0.2, 0.25) is 5.78 Å². The maximum atomic E-state index is 12.5. The zero-order valence-corrected chi connectivity index (χ0v) is 13.1. The van der Waals surface area contributed by atoms with Crippen LogP contribution in [0.15, 0.2) is 57.8 Å². The summed E-state index contributed by atoms with van der Waals surface area (Å²) in [6.07, 6.45) is 0. The number of benzene rings is 2. The van der Waals surface area contributed by atoms with Gasteiger partial charge in [-0.05, 0) is 25.1 Å². The fourth-order valence-corrected chi connectivity index (χ4v) is 3.07. The molecule has 0 aliphatic carbocycles. The molecular formula is C16H11ClO4S. The molecule has 0 aliphatic heterocycles. The Kier molecular flexibility index (Phi) is 3.54. The molecule has 112 valence electrons. The van der Waals surface area contributed by atoms with Gasteiger partial charge in [0.05, 0.1) is 4.90 Å². The Morgan fingerprint density at radius 3 is 2.41 bits per heavy atom. The van der Waals surface area contributed by atoms with Crippen molar-refractivity contribution in [2.45, 2.75) is 11.8 Å². The fourth-order valence-electron chi connectivity index (χ4n) is 2.29. The summed E-state index contributed by atoms with van der Waals surface area (Å²) in [5.74, 6) is -0.0464. The fraction of sp³-hybridized carbons (Fsp3) is 0.0625. The highest BCUT2D eigenvalue weighted by atomic mass is 35.7. The van der Waals surface area contributed by atoms with Crippen molar-refractivity contribution in [3.8, 4) is 0 Å². The molecule has 0 fully saturated rings. The Morgan fingerprint density at radius 1 is 1.09 bits per heavy atom. The molecule has 3 rings (SSSR count). The molecule has 0 saturated heterocycles. The summed E-state index contributed by atoms with van der Waals surface area (Å²) < 4.78 is 28.4. The van der Waals surface area contributed by atoms with Gasteiger partial charge in [0, 0.05) is 27.2 Å². The minimum atomic E-state index is -3.83. The van der Waals surface area contributed by atoms with E-state index in [1.807, 2.05) is 6.07 Å². The number of ketones is 1. The van der Waals surface area contributed by atoms with Crippen LogP contribution in [0.4, 0.5) is 0 Å². The third-order valence-corrected chi connectivity index (χ3v) is 4.78. The van der Waals surface area contributed by atoms with Crippen molar-refractivity contribution in [3.05, 3.63) is 65.4 Å². The van der Waals surface area contributed by atoms with Gasteiger partial charge in [-0.2, -0.15) is 0 Å². The average molecular weight is 335 g/mol. The lowest BCUT2D eigenvalue weighted by Gasteiger charge is -1.98. The van der Waals surface area contributed by atoms with E-state index in [0.29, 0.717) is 22.1 Å². The molecular weight excluding hydrogens is 324 g/mol. The Labute approximate surface area is 131 Å². The van der Waals surface area contributed by atoms with Crippen LogP contribution in [0.3, 0.4) is 0 Å². The quantitative estimate of drug-likeness (QED) is 0.538. The standard InChI is InChI=1S/C16H11ClO4S/c1-10-13-9-12(22(17,19)20)7-8-14(13)21-16(10)15(18)11-5-3-2-4-6-11/h2-9H,1H3. The number of halogens is 1. The zero-order chi connectivity index (χ0) is 15.9. The first-order valence-corrected chi connectivity index (χ1v) is 8.76. The Bertz CT molecular complexity index is 972. The van der Waals surface area contributed by atoms with Crippen molar-refractivity contribution in [1.82, 2.24) is 0 Å². The molecule has 4 nitrogen and oxygen atoms in total. The molecule has 0 unspecified atom stereocenters. The van der Waals surface area contributed by atoms with Crippen LogP contribution in [-0.2, 0) is 9.05 Å². The monoisotopic (exact) mass is 334 g/mol. The van der Waals surface area contributed by atoms with Crippen LogP contribution < -0.4 is 0 Å². The normalized spacial score (nSPS) is 11.7. The van der Waals surface area contributed by atoms with Crippen molar-refractivity contribution in [1.29, 1.82) is 0 Å². The van der Waals surface area contributed by atoms with E-state index in [0.717, 1.165) is 0 Å². The molecule has 22 heavy (non-hydrogen) atoms. The number of fused-ring (bicyclic) bond motifs is 1. The molecule has 1 heterocycles. The van der Waals surface area contributed by atoms with E-state index in [4.69, 9.17) is 15.1 Å². The molecule has 0 N–H and O–H groups in total. The van der Waals surface area contributed by atoms with Crippen LogP contribution in [0.2, 0.25) is 0 Å². The van der Waals surface area contributed by atoms with Gasteiger partial charge >= 0.3 is 0 Å². The van der Waals surface area contributed by atoms with Crippen LogP contribution in [0.5, 0.6) is 0 Å². The number of carbonyl (C=O) groups excluding carboxylic acids is 1. The maximum Gasteiger partial charge on any atom is 0.261 e. The van der Waals surface area contributed by atoms with Gasteiger partial charge in [-0.1, -0.05) is 30.3 Å². The van der Waals surface area contributed by atoms with Gasteiger partial charge < -0.3 is 4.42 Å². The molecule has 6 heteroatoms. The lowest BCUT2D eigenvalue weighted by atomic mass is 10.1. The van der Waals surface area contributed by atoms with Crippen molar-refractivity contribution in [2.75, 3.05) is 0 Å². The van der Waals surface area contributed by atoms with Crippen LogP contribution >= 0.6 is 10.7 Å². The smallest absolute Gasteiger partial charge is 0.261 e. The summed E-state index contributed by atoms with van der Waals surface area (Å²) in [5.41, 5.74) is 1.54. The van der Waals surface area contributed by atoms with Crippen molar-refractivity contribution < 1.29 is 17.6 Å². The van der Waals surface area contributed by atoms with Crippen LogP contribution in [0.1, 0.15) is 21.7 Å². The minimum absolute atomic E-state index is 0.0238. The second-order valence-electron chi connectivity index (χ2n) is 4.85.